The molecule has 0 spiro atoms. The van der Waals surface area contributed by atoms with Crippen molar-refractivity contribution in [2.45, 2.75) is 72.5 Å². The Morgan fingerprint density at radius 3 is 1.86 bits per heavy atom. The summed E-state index contributed by atoms with van der Waals surface area (Å²) in [5.74, 6) is -1.31. The summed E-state index contributed by atoms with van der Waals surface area (Å²) in [6.45, 7) is 13.2. The summed E-state index contributed by atoms with van der Waals surface area (Å²) in [5, 5.41) is 0. The molecule has 2 heterocycles. The van der Waals surface area contributed by atoms with Gasteiger partial charge < -0.3 is 9.47 Å². The molecule has 2 aromatic rings. The summed E-state index contributed by atoms with van der Waals surface area (Å²) >= 11 is 3.44. The quantitative estimate of drug-likeness (QED) is 0.525. The van der Waals surface area contributed by atoms with Gasteiger partial charge in [-0.05, 0) is 65.8 Å². The van der Waals surface area contributed by atoms with Crippen molar-refractivity contribution in [1.29, 1.82) is 0 Å². The van der Waals surface area contributed by atoms with E-state index in [9.17, 15) is 9.59 Å². The number of esters is 2. The maximum absolute atomic E-state index is 12.6. The SMILES string of the molecule is Cc1ccc(C(c2ccc(C)s2)[C@H](C)OC(=O)[C@H](C)CC(=O)OC(C)(C)C)s1. The number of carbonyl (C=O) groups is 2. The van der Waals surface area contributed by atoms with Crippen LogP contribution in [-0.2, 0) is 19.1 Å². The lowest BCUT2D eigenvalue weighted by Crippen LogP contribution is -2.29. The summed E-state index contributed by atoms with van der Waals surface area (Å²) in [6.07, 6.45) is -0.311. The Bertz CT molecular complexity index is 772. The van der Waals surface area contributed by atoms with Crippen LogP contribution in [0.4, 0.5) is 0 Å². The highest BCUT2D eigenvalue weighted by molar-refractivity contribution is 7.13. The summed E-state index contributed by atoms with van der Waals surface area (Å²) in [7, 11) is 0. The minimum absolute atomic E-state index is 0.00456. The zero-order valence-electron chi connectivity index (χ0n) is 17.7. The molecule has 0 fully saturated rings. The maximum Gasteiger partial charge on any atom is 0.309 e. The van der Waals surface area contributed by atoms with E-state index < -0.39 is 11.5 Å². The normalized spacial score (nSPS) is 14.0. The van der Waals surface area contributed by atoms with Gasteiger partial charge in [0.25, 0.3) is 0 Å². The second-order valence-corrected chi connectivity index (χ2v) is 10.8. The van der Waals surface area contributed by atoms with E-state index in [1.807, 2.05) is 27.7 Å². The number of rotatable bonds is 7. The third kappa shape index (κ3) is 6.45. The number of hydrogen-bond acceptors (Lipinski definition) is 6. The van der Waals surface area contributed by atoms with Crippen LogP contribution < -0.4 is 0 Å². The minimum Gasteiger partial charge on any atom is -0.461 e. The molecule has 0 unspecified atom stereocenters. The van der Waals surface area contributed by atoms with Crippen molar-refractivity contribution in [3.8, 4) is 0 Å². The molecule has 0 saturated heterocycles. The average molecular weight is 423 g/mol. The zero-order valence-corrected chi connectivity index (χ0v) is 19.3. The van der Waals surface area contributed by atoms with E-state index in [2.05, 4.69) is 38.1 Å². The van der Waals surface area contributed by atoms with Crippen molar-refractivity contribution in [3.05, 3.63) is 43.8 Å². The zero-order chi connectivity index (χ0) is 21.1. The third-order valence-corrected chi connectivity index (χ3v) is 6.37. The molecule has 154 valence electrons. The number of ether oxygens (including phenoxy) is 2. The molecule has 0 N–H and O–H groups in total. The first-order chi connectivity index (χ1) is 13.0. The van der Waals surface area contributed by atoms with Gasteiger partial charge in [0.2, 0.25) is 0 Å². The fourth-order valence-electron chi connectivity index (χ4n) is 2.93. The Balaban J connectivity index is 2.09. The van der Waals surface area contributed by atoms with Crippen molar-refractivity contribution in [2.24, 2.45) is 5.92 Å². The Morgan fingerprint density at radius 1 is 0.964 bits per heavy atom. The Labute approximate surface area is 175 Å². The predicted octanol–water partition coefficient (Wildman–Crippen LogP) is 5.86. The monoisotopic (exact) mass is 422 g/mol. The highest BCUT2D eigenvalue weighted by atomic mass is 32.1. The molecule has 28 heavy (non-hydrogen) atoms. The summed E-state index contributed by atoms with van der Waals surface area (Å²) in [5.41, 5.74) is -0.562. The standard InChI is InChI=1S/C22H30O4S2/c1-13(12-19(23)26-22(5,6)7)21(24)25-16(4)20(17-10-8-14(2)27-17)18-11-9-15(3)28-18/h8-11,13,16,20H,12H2,1-7H3/t13-,16+/m1/s1. The first-order valence-corrected chi connectivity index (χ1v) is 11.1. The van der Waals surface area contributed by atoms with Gasteiger partial charge in [-0.2, -0.15) is 0 Å². The van der Waals surface area contributed by atoms with Crippen molar-refractivity contribution in [3.63, 3.8) is 0 Å². The summed E-state index contributed by atoms with van der Waals surface area (Å²) in [6, 6.07) is 8.39. The van der Waals surface area contributed by atoms with Crippen molar-refractivity contribution < 1.29 is 19.1 Å². The second-order valence-electron chi connectivity index (χ2n) is 8.21. The van der Waals surface area contributed by atoms with E-state index in [0.29, 0.717) is 0 Å². The van der Waals surface area contributed by atoms with E-state index in [0.717, 1.165) is 0 Å². The van der Waals surface area contributed by atoms with E-state index in [4.69, 9.17) is 9.47 Å². The van der Waals surface area contributed by atoms with Crippen LogP contribution in [0.15, 0.2) is 24.3 Å². The number of aryl methyl sites for hydroxylation is 2. The van der Waals surface area contributed by atoms with Crippen molar-refractivity contribution in [1.82, 2.24) is 0 Å². The van der Waals surface area contributed by atoms with Crippen LogP contribution >= 0.6 is 22.7 Å². The lowest BCUT2D eigenvalue weighted by molar-refractivity contribution is -0.163. The van der Waals surface area contributed by atoms with Gasteiger partial charge in [0.1, 0.15) is 11.7 Å². The highest BCUT2D eigenvalue weighted by Crippen LogP contribution is 2.38. The smallest absolute Gasteiger partial charge is 0.309 e. The van der Waals surface area contributed by atoms with E-state index in [-0.39, 0.29) is 30.4 Å². The molecule has 0 radical (unpaired) electrons. The number of carbonyl (C=O) groups excluding carboxylic acids is 2. The fraction of sp³-hybridized carbons (Fsp3) is 0.545. The Kier molecular flexibility index (Phi) is 7.46. The van der Waals surface area contributed by atoms with Crippen LogP contribution in [0.2, 0.25) is 0 Å². The second kappa shape index (κ2) is 9.23. The van der Waals surface area contributed by atoms with Gasteiger partial charge in [0, 0.05) is 19.5 Å². The maximum atomic E-state index is 12.6. The van der Waals surface area contributed by atoms with Crippen LogP contribution in [-0.4, -0.2) is 23.6 Å². The first-order valence-electron chi connectivity index (χ1n) is 9.51. The molecule has 0 aliphatic heterocycles. The molecule has 0 bridgehead atoms. The lowest BCUT2D eigenvalue weighted by Gasteiger charge is -2.24. The molecular weight excluding hydrogens is 392 g/mol. The fourth-order valence-corrected chi connectivity index (χ4v) is 5.18. The number of thiophene rings is 2. The van der Waals surface area contributed by atoms with Crippen LogP contribution in [0.25, 0.3) is 0 Å². The molecule has 4 nitrogen and oxygen atoms in total. The van der Waals surface area contributed by atoms with E-state index in [1.54, 1.807) is 29.6 Å². The minimum atomic E-state index is -0.562. The van der Waals surface area contributed by atoms with Gasteiger partial charge in [-0.3, -0.25) is 9.59 Å². The Hall–Kier alpha value is -1.66. The van der Waals surface area contributed by atoms with Crippen LogP contribution in [0, 0.1) is 19.8 Å². The summed E-state index contributed by atoms with van der Waals surface area (Å²) < 4.78 is 11.1. The van der Waals surface area contributed by atoms with Crippen LogP contribution in [0.3, 0.4) is 0 Å². The summed E-state index contributed by atoms with van der Waals surface area (Å²) in [4.78, 5) is 29.4. The molecule has 2 aromatic heterocycles. The molecule has 0 aliphatic carbocycles. The molecular formula is C22H30O4S2. The molecule has 0 saturated carbocycles. The Morgan fingerprint density at radius 2 is 1.46 bits per heavy atom. The number of hydrogen-bond donors (Lipinski definition) is 0. The van der Waals surface area contributed by atoms with E-state index in [1.165, 1.54) is 19.5 Å². The van der Waals surface area contributed by atoms with Gasteiger partial charge >= 0.3 is 11.9 Å². The van der Waals surface area contributed by atoms with Gasteiger partial charge in [-0.15, -0.1) is 22.7 Å². The van der Waals surface area contributed by atoms with Gasteiger partial charge in [0.05, 0.1) is 18.3 Å². The molecule has 0 amide bonds. The molecule has 2 rings (SSSR count). The third-order valence-electron chi connectivity index (χ3n) is 4.20. The van der Waals surface area contributed by atoms with E-state index >= 15 is 0 Å². The lowest BCUT2D eigenvalue weighted by atomic mass is 9.99. The van der Waals surface area contributed by atoms with Gasteiger partial charge in [-0.1, -0.05) is 6.92 Å². The van der Waals surface area contributed by atoms with Crippen molar-refractivity contribution >= 4 is 34.6 Å². The first kappa shape index (κ1) is 22.6. The average Bonchev–Trinajstić information content (AvgIpc) is 3.14. The van der Waals surface area contributed by atoms with Gasteiger partial charge in [0.15, 0.2) is 0 Å². The van der Waals surface area contributed by atoms with Crippen LogP contribution in [0.5, 0.6) is 0 Å². The van der Waals surface area contributed by atoms with Crippen molar-refractivity contribution in [2.75, 3.05) is 0 Å². The van der Waals surface area contributed by atoms with Gasteiger partial charge in [-0.25, -0.2) is 0 Å². The molecule has 2 atom stereocenters. The predicted molar refractivity (Wildman–Crippen MR) is 115 cm³/mol. The molecule has 0 aromatic carbocycles. The molecule has 0 aliphatic rings. The van der Waals surface area contributed by atoms with Crippen LogP contribution in [0.1, 0.15) is 66.5 Å². The topological polar surface area (TPSA) is 52.6 Å². The largest absolute Gasteiger partial charge is 0.461 e. The highest BCUT2D eigenvalue weighted by Gasteiger charge is 2.30. The molecule has 6 heteroatoms.